The fraction of sp³-hybridized carbons (Fsp3) is 0.667. The standard InChI is InChI=1S/C12H18Br2O3S/c1-3-5-6-16-10(15-4-2)7-17-12-11(14)9(13)8-18-12/h8,10H,3-7H2,1-2H3. The quantitative estimate of drug-likeness (QED) is 0.438. The highest BCUT2D eigenvalue weighted by Gasteiger charge is 2.13. The lowest BCUT2D eigenvalue weighted by atomic mass is 10.4. The molecule has 0 aliphatic heterocycles. The predicted octanol–water partition coefficient (Wildman–Crippen LogP) is 4.83. The highest BCUT2D eigenvalue weighted by Crippen LogP contribution is 2.38. The van der Waals surface area contributed by atoms with Gasteiger partial charge in [-0.25, -0.2) is 0 Å². The molecule has 0 saturated heterocycles. The molecule has 0 amide bonds. The van der Waals surface area contributed by atoms with Gasteiger partial charge in [0, 0.05) is 23.1 Å². The van der Waals surface area contributed by atoms with E-state index in [4.69, 9.17) is 14.2 Å². The van der Waals surface area contributed by atoms with Crippen LogP contribution in [-0.2, 0) is 9.47 Å². The van der Waals surface area contributed by atoms with E-state index >= 15 is 0 Å². The van der Waals surface area contributed by atoms with Crippen molar-refractivity contribution in [2.45, 2.75) is 33.0 Å². The van der Waals surface area contributed by atoms with Crippen LogP contribution in [-0.4, -0.2) is 26.1 Å². The van der Waals surface area contributed by atoms with Crippen LogP contribution < -0.4 is 4.74 Å². The Labute approximate surface area is 129 Å². The lowest BCUT2D eigenvalue weighted by molar-refractivity contribution is -0.155. The number of rotatable bonds is 9. The van der Waals surface area contributed by atoms with Crippen LogP contribution in [0.3, 0.4) is 0 Å². The number of thiophene rings is 1. The van der Waals surface area contributed by atoms with E-state index in [0.717, 1.165) is 26.9 Å². The monoisotopic (exact) mass is 400 g/mol. The Morgan fingerprint density at radius 1 is 1.28 bits per heavy atom. The van der Waals surface area contributed by atoms with Crippen LogP contribution in [0.2, 0.25) is 0 Å². The number of hydrogen-bond donors (Lipinski definition) is 0. The number of ether oxygens (including phenoxy) is 3. The van der Waals surface area contributed by atoms with Crippen molar-refractivity contribution in [2.24, 2.45) is 0 Å². The van der Waals surface area contributed by atoms with Gasteiger partial charge in [0.1, 0.15) is 6.61 Å². The summed E-state index contributed by atoms with van der Waals surface area (Å²) in [6, 6.07) is 0. The van der Waals surface area contributed by atoms with Gasteiger partial charge in [0.2, 0.25) is 0 Å². The first-order valence-electron chi connectivity index (χ1n) is 5.97. The Bertz CT molecular complexity index is 344. The van der Waals surface area contributed by atoms with Gasteiger partial charge in [-0.15, -0.1) is 11.3 Å². The fourth-order valence-electron chi connectivity index (χ4n) is 1.24. The molecule has 0 N–H and O–H groups in total. The van der Waals surface area contributed by atoms with Gasteiger partial charge < -0.3 is 14.2 Å². The van der Waals surface area contributed by atoms with Crippen molar-refractivity contribution in [1.29, 1.82) is 0 Å². The third-order valence-corrected chi connectivity index (χ3v) is 5.56. The Hall–Kier alpha value is 0.380. The summed E-state index contributed by atoms with van der Waals surface area (Å²) in [5, 5.41) is 2.82. The van der Waals surface area contributed by atoms with Gasteiger partial charge in [-0.1, -0.05) is 13.3 Å². The molecule has 0 aromatic carbocycles. The minimum atomic E-state index is -0.297. The molecule has 0 saturated carbocycles. The molecule has 6 heteroatoms. The molecule has 1 unspecified atom stereocenters. The zero-order valence-corrected chi connectivity index (χ0v) is 14.6. The molecular formula is C12H18Br2O3S. The van der Waals surface area contributed by atoms with Crippen LogP contribution in [0.4, 0.5) is 0 Å². The van der Waals surface area contributed by atoms with E-state index in [-0.39, 0.29) is 6.29 Å². The molecular weight excluding hydrogens is 384 g/mol. The molecule has 0 bridgehead atoms. The molecule has 1 aromatic rings. The van der Waals surface area contributed by atoms with E-state index in [1.54, 1.807) is 0 Å². The zero-order valence-electron chi connectivity index (χ0n) is 10.6. The first-order valence-corrected chi connectivity index (χ1v) is 8.44. The van der Waals surface area contributed by atoms with Crippen LogP contribution in [0.5, 0.6) is 5.06 Å². The maximum atomic E-state index is 5.69. The molecule has 1 atom stereocenters. The highest BCUT2D eigenvalue weighted by molar-refractivity contribution is 9.13. The molecule has 18 heavy (non-hydrogen) atoms. The van der Waals surface area contributed by atoms with Gasteiger partial charge in [-0.05, 0) is 45.2 Å². The summed E-state index contributed by atoms with van der Waals surface area (Å²) in [7, 11) is 0. The van der Waals surface area contributed by atoms with Crippen LogP contribution in [0.15, 0.2) is 14.3 Å². The van der Waals surface area contributed by atoms with Gasteiger partial charge in [0.25, 0.3) is 0 Å². The fourth-order valence-corrected chi connectivity index (χ4v) is 3.17. The average Bonchev–Trinajstić information content (AvgIpc) is 2.67. The van der Waals surface area contributed by atoms with Gasteiger partial charge in [0.15, 0.2) is 11.4 Å². The molecule has 1 aromatic heterocycles. The maximum Gasteiger partial charge on any atom is 0.191 e. The number of halogens is 2. The van der Waals surface area contributed by atoms with E-state index in [9.17, 15) is 0 Å². The van der Waals surface area contributed by atoms with Crippen molar-refractivity contribution in [3.63, 3.8) is 0 Å². The van der Waals surface area contributed by atoms with E-state index < -0.39 is 0 Å². The molecule has 1 rings (SSSR count). The SMILES string of the molecule is CCCCOC(COc1scc(Br)c1Br)OCC. The molecule has 0 fully saturated rings. The summed E-state index contributed by atoms with van der Waals surface area (Å²) in [5.74, 6) is 0. The number of hydrogen-bond acceptors (Lipinski definition) is 4. The zero-order chi connectivity index (χ0) is 13.4. The summed E-state index contributed by atoms with van der Waals surface area (Å²) in [6.07, 6.45) is 1.86. The highest BCUT2D eigenvalue weighted by atomic mass is 79.9. The van der Waals surface area contributed by atoms with E-state index in [1.807, 2.05) is 12.3 Å². The van der Waals surface area contributed by atoms with Crippen LogP contribution in [0, 0.1) is 0 Å². The largest absolute Gasteiger partial charge is 0.478 e. The summed E-state index contributed by atoms with van der Waals surface area (Å²) < 4.78 is 18.7. The summed E-state index contributed by atoms with van der Waals surface area (Å²) in [4.78, 5) is 0. The maximum absolute atomic E-state index is 5.69. The topological polar surface area (TPSA) is 27.7 Å². The van der Waals surface area contributed by atoms with Gasteiger partial charge >= 0.3 is 0 Å². The Morgan fingerprint density at radius 2 is 2.06 bits per heavy atom. The Kier molecular flexibility index (Phi) is 8.50. The second kappa shape index (κ2) is 9.31. The molecule has 1 heterocycles. The van der Waals surface area contributed by atoms with Gasteiger partial charge in [-0.2, -0.15) is 0 Å². The van der Waals surface area contributed by atoms with Crippen molar-refractivity contribution in [1.82, 2.24) is 0 Å². The third kappa shape index (κ3) is 5.57. The minimum Gasteiger partial charge on any atom is -0.478 e. The third-order valence-electron chi connectivity index (χ3n) is 2.16. The summed E-state index contributed by atoms with van der Waals surface area (Å²) in [6.45, 7) is 5.82. The van der Waals surface area contributed by atoms with Crippen molar-refractivity contribution >= 4 is 43.2 Å². The molecule has 3 nitrogen and oxygen atoms in total. The van der Waals surface area contributed by atoms with E-state index in [2.05, 4.69) is 38.8 Å². The van der Waals surface area contributed by atoms with Crippen molar-refractivity contribution < 1.29 is 14.2 Å². The normalized spacial score (nSPS) is 12.7. The lowest BCUT2D eigenvalue weighted by Gasteiger charge is -2.17. The molecule has 0 aliphatic carbocycles. The smallest absolute Gasteiger partial charge is 0.191 e. The Balaban J connectivity index is 2.38. The van der Waals surface area contributed by atoms with Gasteiger partial charge in [-0.3, -0.25) is 0 Å². The molecule has 104 valence electrons. The Morgan fingerprint density at radius 3 is 2.61 bits per heavy atom. The molecule has 0 aliphatic rings. The van der Waals surface area contributed by atoms with E-state index in [1.165, 1.54) is 11.3 Å². The minimum absolute atomic E-state index is 0.297. The molecule has 0 radical (unpaired) electrons. The van der Waals surface area contributed by atoms with Gasteiger partial charge in [0.05, 0.1) is 4.47 Å². The summed E-state index contributed by atoms with van der Waals surface area (Å²) in [5.41, 5.74) is 0. The molecule has 0 spiro atoms. The van der Waals surface area contributed by atoms with Crippen molar-refractivity contribution in [3.05, 3.63) is 14.3 Å². The summed E-state index contributed by atoms with van der Waals surface area (Å²) >= 11 is 8.42. The average molecular weight is 402 g/mol. The first kappa shape index (κ1) is 16.4. The van der Waals surface area contributed by atoms with Crippen molar-refractivity contribution in [3.8, 4) is 5.06 Å². The first-order chi connectivity index (χ1) is 8.69. The van der Waals surface area contributed by atoms with Crippen LogP contribution in [0.25, 0.3) is 0 Å². The van der Waals surface area contributed by atoms with Crippen LogP contribution >= 0.6 is 43.2 Å². The number of unbranched alkanes of at least 4 members (excludes halogenated alkanes) is 1. The second-order valence-electron chi connectivity index (χ2n) is 3.61. The van der Waals surface area contributed by atoms with Crippen molar-refractivity contribution in [2.75, 3.05) is 19.8 Å². The van der Waals surface area contributed by atoms with E-state index in [0.29, 0.717) is 19.8 Å². The second-order valence-corrected chi connectivity index (χ2v) is 6.09. The predicted molar refractivity (Wildman–Crippen MR) is 81.5 cm³/mol. The lowest BCUT2D eigenvalue weighted by Crippen LogP contribution is -2.25. The van der Waals surface area contributed by atoms with Crippen LogP contribution in [0.1, 0.15) is 26.7 Å².